The second kappa shape index (κ2) is 10.2. The van der Waals surface area contributed by atoms with Crippen LogP contribution in [0.4, 0.5) is 18.9 Å². The number of carbonyl (C=O) groups is 1. The van der Waals surface area contributed by atoms with Crippen LogP contribution < -0.4 is 10.1 Å². The van der Waals surface area contributed by atoms with Gasteiger partial charge in [-0.1, -0.05) is 30.0 Å². The third kappa shape index (κ3) is 5.66. The van der Waals surface area contributed by atoms with Crippen molar-refractivity contribution in [1.29, 1.82) is 0 Å². The zero-order valence-electron chi connectivity index (χ0n) is 16.5. The molecular weight excluding hydrogens is 429 g/mol. The van der Waals surface area contributed by atoms with Crippen LogP contribution in [0, 0.1) is 17.5 Å². The molecule has 6 nitrogen and oxygen atoms in total. The average Bonchev–Trinajstić information content (AvgIpc) is 3.14. The number of nitrogens with zero attached hydrogens (tertiary/aromatic N) is 3. The summed E-state index contributed by atoms with van der Waals surface area (Å²) in [6, 6.07) is 8.80. The summed E-state index contributed by atoms with van der Waals surface area (Å²) in [5.41, 5.74) is -0.245. The van der Waals surface area contributed by atoms with Crippen molar-refractivity contribution in [2.24, 2.45) is 0 Å². The molecule has 2 aromatic carbocycles. The number of ether oxygens (including phenoxy) is 1. The Morgan fingerprint density at radius 3 is 2.74 bits per heavy atom. The fourth-order valence-corrected chi connectivity index (χ4v) is 3.46. The summed E-state index contributed by atoms with van der Waals surface area (Å²) in [6.45, 7) is 5.73. The van der Waals surface area contributed by atoms with E-state index in [0.717, 1.165) is 30.0 Å². The maximum absolute atomic E-state index is 13.9. The van der Waals surface area contributed by atoms with Gasteiger partial charge in [-0.2, -0.15) is 0 Å². The lowest BCUT2D eigenvalue weighted by Crippen LogP contribution is -2.16. The van der Waals surface area contributed by atoms with E-state index in [9.17, 15) is 18.0 Å². The molecule has 0 spiro atoms. The standard InChI is InChI=1S/C21H19F3N4O2S/c1-3-10-28-20(13(2)30-18-7-5-4-6-16(18)24)26-27-21(28)31-12-19(29)25-17-11-14(22)8-9-15(17)23/h3-9,11,13H,1,10,12H2,2H3,(H,25,29). The van der Waals surface area contributed by atoms with Crippen LogP contribution in [0.3, 0.4) is 0 Å². The molecule has 1 heterocycles. The Kier molecular flexibility index (Phi) is 7.35. The van der Waals surface area contributed by atoms with Crippen LogP contribution in [0.25, 0.3) is 0 Å². The SMILES string of the molecule is C=CCn1c(SCC(=O)Nc2cc(F)ccc2F)nnc1C(C)Oc1ccccc1F. The van der Waals surface area contributed by atoms with E-state index >= 15 is 0 Å². The Labute approximate surface area is 181 Å². The van der Waals surface area contributed by atoms with Crippen molar-refractivity contribution in [2.75, 3.05) is 11.1 Å². The van der Waals surface area contributed by atoms with Crippen molar-refractivity contribution in [2.45, 2.75) is 24.7 Å². The second-order valence-corrected chi connectivity index (χ2v) is 7.33. The highest BCUT2D eigenvalue weighted by Gasteiger charge is 2.21. The number of anilines is 1. The van der Waals surface area contributed by atoms with Crippen molar-refractivity contribution in [3.8, 4) is 5.75 Å². The number of allylic oxidation sites excluding steroid dienone is 1. The first-order chi connectivity index (χ1) is 14.9. The van der Waals surface area contributed by atoms with Crippen LogP contribution >= 0.6 is 11.8 Å². The molecule has 0 radical (unpaired) electrons. The first-order valence-corrected chi connectivity index (χ1v) is 10.2. The van der Waals surface area contributed by atoms with Gasteiger partial charge in [0.25, 0.3) is 0 Å². The number of rotatable bonds is 9. The molecule has 0 aliphatic heterocycles. The maximum Gasteiger partial charge on any atom is 0.234 e. The monoisotopic (exact) mass is 448 g/mol. The van der Waals surface area contributed by atoms with Gasteiger partial charge in [-0.25, -0.2) is 13.2 Å². The normalized spacial score (nSPS) is 11.7. The molecule has 0 saturated heterocycles. The summed E-state index contributed by atoms with van der Waals surface area (Å²) in [4.78, 5) is 12.2. The molecule has 1 N–H and O–H groups in total. The number of benzene rings is 2. The molecule has 1 aromatic heterocycles. The minimum atomic E-state index is -0.740. The van der Waals surface area contributed by atoms with Crippen molar-refractivity contribution in [1.82, 2.24) is 14.8 Å². The fraction of sp³-hybridized carbons (Fsp3) is 0.190. The van der Waals surface area contributed by atoms with Gasteiger partial charge in [-0.15, -0.1) is 16.8 Å². The molecule has 10 heteroatoms. The van der Waals surface area contributed by atoms with Gasteiger partial charge in [0.1, 0.15) is 11.6 Å². The molecule has 0 bridgehead atoms. The second-order valence-electron chi connectivity index (χ2n) is 6.39. The molecule has 0 aliphatic rings. The minimum absolute atomic E-state index is 0.0776. The number of amides is 1. The van der Waals surface area contributed by atoms with Crippen LogP contribution in [-0.2, 0) is 11.3 Å². The van der Waals surface area contributed by atoms with Gasteiger partial charge in [0.05, 0.1) is 11.4 Å². The number of thioether (sulfide) groups is 1. The predicted molar refractivity (Wildman–Crippen MR) is 111 cm³/mol. The molecule has 3 rings (SSSR count). The molecule has 162 valence electrons. The topological polar surface area (TPSA) is 69.0 Å². The van der Waals surface area contributed by atoms with Gasteiger partial charge in [-0.05, 0) is 31.2 Å². The number of hydrogen-bond donors (Lipinski definition) is 1. The zero-order chi connectivity index (χ0) is 22.4. The summed E-state index contributed by atoms with van der Waals surface area (Å²) in [6.07, 6.45) is 0.989. The Balaban J connectivity index is 1.69. The van der Waals surface area contributed by atoms with Crippen molar-refractivity contribution >= 4 is 23.4 Å². The lowest BCUT2D eigenvalue weighted by molar-refractivity contribution is -0.113. The molecule has 0 aliphatic carbocycles. The molecule has 0 saturated carbocycles. The fourth-order valence-electron chi connectivity index (χ4n) is 2.70. The number of carbonyl (C=O) groups excluding carboxylic acids is 1. The quantitative estimate of drug-likeness (QED) is 0.378. The van der Waals surface area contributed by atoms with Crippen LogP contribution in [-0.4, -0.2) is 26.4 Å². The predicted octanol–water partition coefficient (Wildman–Crippen LogP) is 4.75. The van der Waals surface area contributed by atoms with Gasteiger partial charge < -0.3 is 10.1 Å². The van der Waals surface area contributed by atoms with E-state index < -0.39 is 29.5 Å². The van der Waals surface area contributed by atoms with Gasteiger partial charge >= 0.3 is 0 Å². The van der Waals surface area contributed by atoms with E-state index in [1.54, 1.807) is 29.7 Å². The average molecular weight is 448 g/mol. The minimum Gasteiger partial charge on any atom is -0.480 e. The summed E-state index contributed by atoms with van der Waals surface area (Å²) in [5, 5.41) is 10.9. The maximum atomic E-state index is 13.9. The molecule has 1 unspecified atom stereocenters. The molecule has 1 amide bonds. The Hall–Kier alpha value is -3.27. The van der Waals surface area contributed by atoms with Crippen LogP contribution in [0.1, 0.15) is 18.9 Å². The summed E-state index contributed by atoms with van der Waals surface area (Å²) < 4.78 is 48.2. The first-order valence-electron chi connectivity index (χ1n) is 9.22. The van der Waals surface area contributed by atoms with Gasteiger partial charge in [0.15, 0.2) is 28.7 Å². The number of halogens is 3. The summed E-state index contributed by atoms with van der Waals surface area (Å²) >= 11 is 1.06. The Morgan fingerprint density at radius 1 is 1.23 bits per heavy atom. The number of hydrogen-bond acceptors (Lipinski definition) is 5. The Morgan fingerprint density at radius 2 is 2.00 bits per heavy atom. The highest BCUT2D eigenvalue weighted by molar-refractivity contribution is 7.99. The van der Waals surface area contributed by atoms with Crippen molar-refractivity contribution < 1.29 is 22.7 Å². The van der Waals surface area contributed by atoms with Gasteiger partial charge in [-0.3, -0.25) is 9.36 Å². The summed E-state index contributed by atoms with van der Waals surface area (Å²) in [5.74, 6) is -2.07. The third-order valence-electron chi connectivity index (χ3n) is 4.10. The van der Waals surface area contributed by atoms with Crippen LogP contribution in [0.15, 0.2) is 60.3 Å². The molecule has 0 fully saturated rings. The van der Waals surface area contributed by atoms with E-state index in [0.29, 0.717) is 17.5 Å². The van der Waals surface area contributed by atoms with Gasteiger partial charge in [0.2, 0.25) is 5.91 Å². The highest BCUT2D eigenvalue weighted by atomic mass is 32.2. The van der Waals surface area contributed by atoms with Crippen LogP contribution in [0.2, 0.25) is 0 Å². The third-order valence-corrected chi connectivity index (χ3v) is 5.06. The highest BCUT2D eigenvalue weighted by Crippen LogP contribution is 2.26. The van der Waals surface area contributed by atoms with Gasteiger partial charge in [0, 0.05) is 12.6 Å². The lowest BCUT2D eigenvalue weighted by Gasteiger charge is -2.16. The largest absolute Gasteiger partial charge is 0.480 e. The van der Waals surface area contributed by atoms with Crippen molar-refractivity contribution in [3.63, 3.8) is 0 Å². The molecule has 1 atom stereocenters. The number of nitrogens with one attached hydrogen (secondary N) is 1. The van der Waals surface area contributed by atoms with Crippen LogP contribution in [0.5, 0.6) is 5.75 Å². The van der Waals surface area contributed by atoms with Crippen molar-refractivity contribution in [3.05, 3.63) is 78.4 Å². The zero-order valence-corrected chi connectivity index (χ0v) is 17.3. The first kappa shape index (κ1) is 22.4. The lowest BCUT2D eigenvalue weighted by atomic mass is 10.3. The van der Waals surface area contributed by atoms with E-state index in [-0.39, 0.29) is 17.2 Å². The number of para-hydroxylation sites is 1. The molecule has 3 aromatic rings. The van der Waals surface area contributed by atoms with E-state index in [2.05, 4.69) is 22.1 Å². The molecular formula is C21H19F3N4O2S. The summed E-state index contributed by atoms with van der Waals surface area (Å²) in [7, 11) is 0. The number of aromatic nitrogens is 3. The van der Waals surface area contributed by atoms with E-state index in [1.807, 2.05) is 0 Å². The molecule has 31 heavy (non-hydrogen) atoms. The smallest absolute Gasteiger partial charge is 0.234 e. The van der Waals surface area contributed by atoms with E-state index in [1.165, 1.54) is 12.1 Å². The Bertz CT molecular complexity index is 1090. The van der Waals surface area contributed by atoms with E-state index in [4.69, 9.17) is 4.74 Å².